The summed E-state index contributed by atoms with van der Waals surface area (Å²) >= 11 is 4.19. The van der Waals surface area contributed by atoms with Gasteiger partial charge >= 0.3 is 0 Å². The Morgan fingerprint density at radius 3 is 2.56 bits per heavy atom. The lowest BCUT2D eigenvalue weighted by Gasteiger charge is -2.01. The maximum atomic E-state index is 4.21. The number of thiol groups is 1. The van der Waals surface area contributed by atoms with Crippen molar-refractivity contribution >= 4 is 29.6 Å². The van der Waals surface area contributed by atoms with E-state index >= 15 is 0 Å². The average molecular weight is 261 g/mol. The second kappa shape index (κ2) is 7.71. The Bertz CT molecular complexity index is 447. The van der Waals surface area contributed by atoms with Crippen LogP contribution in [0.15, 0.2) is 46.5 Å². The van der Waals surface area contributed by atoms with E-state index in [4.69, 9.17) is 0 Å². The van der Waals surface area contributed by atoms with E-state index in [1.165, 1.54) is 0 Å². The fraction of sp³-hybridized carbons (Fsp3) is 0.286. The third-order valence-corrected chi connectivity index (χ3v) is 2.24. The highest BCUT2D eigenvalue weighted by atomic mass is 32.1. The summed E-state index contributed by atoms with van der Waals surface area (Å²) in [5.41, 5.74) is 4.81. The van der Waals surface area contributed by atoms with Crippen molar-refractivity contribution in [2.24, 2.45) is 10.1 Å². The summed E-state index contributed by atoms with van der Waals surface area (Å²) in [5, 5.41) is 4.69. The molecular formula is C14H19N3S. The summed E-state index contributed by atoms with van der Waals surface area (Å²) in [5.74, 6) is 0. The zero-order valence-corrected chi connectivity index (χ0v) is 11.9. The first-order chi connectivity index (χ1) is 8.58. The van der Waals surface area contributed by atoms with Gasteiger partial charge in [-0.3, -0.25) is 10.4 Å². The largest absolute Gasteiger partial charge is 0.259 e. The second-order valence-electron chi connectivity index (χ2n) is 4.16. The second-order valence-corrected chi connectivity index (χ2v) is 4.58. The molecule has 1 aromatic carbocycles. The zero-order chi connectivity index (χ0) is 13.4. The molecule has 0 radical (unpaired) electrons. The first-order valence-corrected chi connectivity index (χ1v) is 6.33. The molecule has 0 fully saturated rings. The van der Waals surface area contributed by atoms with Gasteiger partial charge in [0, 0.05) is 6.04 Å². The molecule has 1 aromatic rings. The summed E-state index contributed by atoms with van der Waals surface area (Å²) in [7, 11) is 0. The van der Waals surface area contributed by atoms with Gasteiger partial charge in [-0.2, -0.15) is 5.10 Å². The third-order valence-electron chi connectivity index (χ3n) is 2.03. The molecule has 0 aliphatic heterocycles. The van der Waals surface area contributed by atoms with Crippen LogP contribution in [0.25, 0.3) is 6.08 Å². The predicted molar refractivity (Wildman–Crippen MR) is 83.3 cm³/mol. The number of rotatable bonds is 4. The molecule has 0 atom stereocenters. The lowest BCUT2D eigenvalue weighted by atomic mass is 10.2. The molecule has 0 amide bonds. The van der Waals surface area contributed by atoms with Crippen molar-refractivity contribution in [3.63, 3.8) is 0 Å². The summed E-state index contributed by atoms with van der Waals surface area (Å²) in [6.45, 7) is 5.90. The molecule has 0 aliphatic carbocycles. The maximum Gasteiger partial charge on any atom is 0.174 e. The normalized spacial score (nSPS) is 13.4. The summed E-state index contributed by atoms with van der Waals surface area (Å²) < 4.78 is 0. The molecule has 0 bridgehead atoms. The minimum atomic E-state index is 0.209. The number of nitrogens with one attached hydrogen (secondary N) is 1. The van der Waals surface area contributed by atoms with Crippen LogP contribution in [0.2, 0.25) is 0 Å². The van der Waals surface area contributed by atoms with E-state index in [-0.39, 0.29) is 6.04 Å². The Labute approximate surface area is 114 Å². The number of nitrogens with zero attached hydrogens (tertiary/aromatic N) is 2. The van der Waals surface area contributed by atoms with Gasteiger partial charge in [0.2, 0.25) is 0 Å². The topological polar surface area (TPSA) is 36.8 Å². The van der Waals surface area contributed by atoms with E-state index in [0.29, 0.717) is 5.17 Å². The SMILES string of the molecule is CC(/C=C/c1ccccc1)=N\N/C(S)=N/C(C)C. The summed E-state index contributed by atoms with van der Waals surface area (Å²) in [6.07, 6.45) is 3.96. The van der Waals surface area contributed by atoms with Crippen LogP contribution in [0.1, 0.15) is 26.3 Å². The van der Waals surface area contributed by atoms with Gasteiger partial charge in [-0.05, 0) is 32.4 Å². The highest BCUT2D eigenvalue weighted by Gasteiger charge is 1.92. The number of hydrogen-bond acceptors (Lipinski definition) is 2. The highest BCUT2D eigenvalue weighted by Crippen LogP contribution is 2.01. The van der Waals surface area contributed by atoms with E-state index in [2.05, 4.69) is 28.1 Å². The zero-order valence-electron chi connectivity index (χ0n) is 11.0. The minimum Gasteiger partial charge on any atom is -0.259 e. The average Bonchev–Trinajstić information content (AvgIpc) is 2.34. The van der Waals surface area contributed by atoms with E-state index in [0.717, 1.165) is 11.3 Å². The molecular weight excluding hydrogens is 242 g/mol. The Hall–Kier alpha value is -1.55. The minimum absolute atomic E-state index is 0.209. The quantitative estimate of drug-likeness (QED) is 0.371. The Morgan fingerprint density at radius 1 is 1.28 bits per heavy atom. The molecule has 0 aromatic heterocycles. The highest BCUT2D eigenvalue weighted by molar-refractivity contribution is 7.96. The summed E-state index contributed by atoms with van der Waals surface area (Å²) in [4.78, 5) is 4.21. The maximum absolute atomic E-state index is 4.21. The lowest BCUT2D eigenvalue weighted by molar-refractivity contribution is 0.827. The molecule has 0 saturated carbocycles. The lowest BCUT2D eigenvalue weighted by Crippen LogP contribution is -2.14. The number of aliphatic imine (C=N–C) groups is 1. The van der Waals surface area contributed by atoms with Gasteiger partial charge in [-0.15, -0.1) is 12.6 Å². The predicted octanol–water partition coefficient (Wildman–Crippen LogP) is 3.36. The Morgan fingerprint density at radius 2 is 1.94 bits per heavy atom. The van der Waals surface area contributed by atoms with Crippen molar-refractivity contribution < 1.29 is 0 Å². The number of allylic oxidation sites excluding steroid dienone is 1. The Balaban J connectivity index is 2.55. The van der Waals surface area contributed by atoms with Crippen LogP contribution in [0.5, 0.6) is 0 Å². The summed E-state index contributed by atoms with van der Waals surface area (Å²) in [6, 6.07) is 10.3. The molecule has 96 valence electrons. The van der Waals surface area contributed by atoms with Gasteiger partial charge in [-0.1, -0.05) is 36.4 Å². The standard InChI is InChI=1S/C14H19N3S/c1-11(2)15-14(18)17-16-12(3)9-10-13-7-5-4-6-8-13/h4-11H,1-3H3,(H2,15,17,18)/b10-9+,16-12+. The molecule has 0 heterocycles. The fourth-order valence-electron chi connectivity index (χ4n) is 1.23. The van der Waals surface area contributed by atoms with Gasteiger partial charge in [0.1, 0.15) is 0 Å². The molecule has 4 heteroatoms. The molecule has 0 unspecified atom stereocenters. The number of amidine groups is 1. The van der Waals surface area contributed by atoms with Crippen LogP contribution in [0.3, 0.4) is 0 Å². The van der Waals surface area contributed by atoms with Crippen LogP contribution in [0, 0.1) is 0 Å². The number of benzene rings is 1. The molecule has 1 rings (SSSR count). The molecule has 18 heavy (non-hydrogen) atoms. The monoisotopic (exact) mass is 261 g/mol. The van der Waals surface area contributed by atoms with Crippen LogP contribution in [-0.4, -0.2) is 16.9 Å². The van der Waals surface area contributed by atoms with Gasteiger partial charge in [0.05, 0.1) is 5.71 Å². The smallest absolute Gasteiger partial charge is 0.174 e. The van der Waals surface area contributed by atoms with E-state index in [1.807, 2.05) is 63.3 Å². The third kappa shape index (κ3) is 6.25. The van der Waals surface area contributed by atoms with E-state index in [1.54, 1.807) is 0 Å². The van der Waals surface area contributed by atoms with E-state index in [9.17, 15) is 0 Å². The number of hydrogen-bond donors (Lipinski definition) is 2. The fourth-order valence-corrected chi connectivity index (χ4v) is 1.51. The van der Waals surface area contributed by atoms with Crippen LogP contribution in [0.4, 0.5) is 0 Å². The molecule has 0 saturated heterocycles. The van der Waals surface area contributed by atoms with Gasteiger partial charge in [-0.25, -0.2) is 0 Å². The first kappa shape index (κ1) is 14.5. The van der Waals surface area contributed by atoms with Crippen molar-refractivity contribution in [3.05, 3.63) is 42.0 Å². The number of hydrazone groups is 1. The van der Waals surface area contributed by atoms with Crippen molar-refractivity contribution in [2.45, 2.75) is 26.8 Å². The van der Waals surface area contributed by atoms with Gasteiger partial charge < -0.3 is 0 Å². The Kier molecular flexibility index (Phi) is 6.22. The molecule has 0 spiro atoms. The van der Waals surface area contributed by atoms with Crippen LogP contribution in [-0.2, 0) is 0 Å². The van der Waals surface area contributed by atoms with Crippen LogP contribution < -0.4 is 5.43 Å². The van der Waals surface area contributed by atoms with Gasteiger partial charge in [0.15, 0.2) is 5.17 Å². The van der Waals surface area contributed by atoms with E-state index < -0.39 is 0 Å². The van der Waals surface area contributed by atoms with Crippen molar-refractivity contribution in [3.8, 4) is 0 Å². The van der Waals surface area contributed by atoms with Crippen molar-refractivity contribution in [2.75, 3.05) is 0 Å². The molecule has 3 nitrogen and oxygen atoms in total. The van der Waals surface area contributed by atoms with Gasteiger partial charge in [0.25, 0.3) is 0 Å². The first-order valence-electron chi connectivity index (χ1n) is 5.88. The molecule has 0 aliphatic rings. The van der Waals surface area contributed by atoms with Crippen molar-refractivity contribution in [1.29, 1.82) is 0 Å². The van der Waals surface area contributed by atoms with Crippen molar-refractivity contribution in [1.82, 2.24) is 5.43 Å². The molecule has 1 N–H and O–H groups in total. The van der Waals surface area contributed by atoms with Crippen LogP contribution >= 0.6 is 12.6 Å².